The number of hydrogen-bond acceptors (Lipinski definition) is 6. The fraction of sp³-hybridized carbons (Fsp3) is 0.150. The lowest BCUT2D eigenvalue weighted by Gasteiger charge is -2.13. The van der Waals surface area contributed by atoms with Gasteiger partial charge in [-0.25, -0.2) is 13.4 Å². The second-order valence-electron chi connectivity index (χ2n) is 6.05. The van der Waals surface area contributed by atoms with Crippen molar-refractivity contribution in [3.05, 3.63) is 66.4 Å². The fourth-order valence-corrected chi connectivity index (χ4v) is 3.80. The summed E-state index contributed by atoms with van der Waals surface area (Å²) in [4.78, 5) is 4.15. The molecule has 0 bridgehead atoms. The molecule has 0 fully saturated rings. The normalized spacial score (nSPS) is 11.0. The molecule has 0 spiro atoms. The van der Waals surface area contributed by atoms with Crippen molar-refractivity contribution in [1.82, 2.24) is 4.98 Å². The maximum Gasteiger partial charge on any atom is 0.266 e. The molecule has 3 aromatic rings. The first-order valence-corrected chi connectivity index (χ1v) is 9.94. The number of hydrogen-bond donors (Lipinski definition) is 2. The Morgan fingerprint density at radius 3 is 2.39 bits per heavy atom. The summed E-state index contributed by atoms with van der Waals surface area (Å²) in [6.45, 7) is 2.01. The Labute approximate surface area is 164 Å². The average molecular weight is 399 g/mol. The van der Waals surface area contributed by atoms with Crippen LogP contribution in [0.3, 0.4) is 0 Å². The summed E-state index contributed by atoms with van der Waals surface area (Å²) in [6.07, 6.45) is 1.56. The second kappa shape index (κ2) is 8.18. The molecular weight excluding hydrogens is 378 g/mol. The number of methoxy groups -OCH3 is 2. The monoisotopic (exact) mass is 399 g/mol. The molecule has 1 heterocycles. The predicted molar refractivity (Wildman–Crippen MR) is 109 cm³/mol. The highest BCUT2D eigenvalue weighted by Crippen LogP contribution is 2.29. The van der Waals surface area contributed by atoms with E-state index in [2.05, 4.69) is 15.0 Å². The van der Waals surface area contributed by atoms with Crippen molar-refractivity contribution in [2.24, 2.45) is 0 Å². The highest BCUT2D eigenvalue weighted by atomic mass is 32.2. The summed E-state index contributed by atoms with van der Waals surface area (Å²) in [5.74, 6) is 0.817. The van der Waals surface area contributed by atoms with Crippen LogP contribution in [0.15, 0.2) is 65.7 Å². The van der Waals surface area contributed by atoms with Crippen LogP contribution in [0.4, 0.5) is 17.2 Å². The molecule has 0 amide bonds. The Hall–Kier alpha value is -3.26. The van der Waals surface area contributed by atoms with Crippen LogP contribution in [-0.4, -0.2) is 27.6 Å². The first-order valence-electron chi connectivity index (χ1n) is 8.46. The van der Waals surface area contributed by atoms with Crippen molar-refractivity contribution in [1.29, 1.82) is 0 Å². The van der Waals surface area contributed by atoms with E-state index in [1.54, 1.807) is 24.4 Å². The van der Waals surface area contributed by atoms with Gasteiger partial charge in [0.25, 0.3) is 10.0 Å². The van der Waals surface area contributed by atoms with E-state index >= 15 is 0 Å². The molecule has 0 aliphatic heterocycles. The molecular formula is C20H21N3O4S. The quantitative estimate of drug-likeness (QED) is 0.625. The van der Waals surface area contributed by atoms with Gasteiger partial charge in [-0.2, -0.15) is 0 Å². The zero-order valence-corrected chi connectivity index (χ0v) is 16.6. The summed E-state index contributed by atoms with van der Waals surface area (Å²) in [6, 6.07) is 15.8. The van der Waals surface area contributed by atoms with Crippen LogP contribution in [0.25, 0.3) is 0 Å². The van der Waals surface area contributed by atoms with Crippen molar-refractivity contribution < 1.29 is 17.9 Å². The lowest BCUT2D eigenvalue weighted by molar-refractivity contribution is 0.392. The van der Waals surface area contributed by atoms with Crippen molar-refractivity contribution in [2.45, 2.75) is 11.8 Å². The van der Waals surface area contributed by atoms with E-state index < -0.39 is 10.0 Å². The van der Waals surface area contributed by atoms with Gasteiger partial charge in [-0.15, -0.1) is 0 Å². The standard InChI is InChI=1S/C20H21N3O4S/c1-14-5-4-6-15(11-14)22-16-7-10-20(21-13-16)23-28(24,25)19-12-17(26-2)8-9-18(19)27-3/h4-13,22H,1-3H3,(H,21,23). The average Bonchev–Trinajstić information content (AvgIpc) is 2.69. The minimum atomic E-state index is -3.90. The van der Waals surface area contributed by atoms with E-state index in [1.165, 1.54) is 26.4 Å². The van der Waals surface area contributed by atoms with Crippen molar-refractivity contribution in [3.8, 4) is 11.5 Å². The number of aryl methyl sites for hydroxylation is 1. The van der Waals surface area contributed by atoms with E-state index in [4.69, 9.17) is 9.47 Å². The van der Waals surface area contributed by atoms with Gasteiger partial charge in [0.1, 0.15) is 22.2 Å². The van der Waals surface area contributed by atoms with Gasteiger partial charge in [0.2, 0.25) is 0 Å². The lowest BCUT2D eigenvalue weighted by Crippen LogP contribution is -2.15. The minimum absolute atomic E-state index is 0.0295. The summed E-state index contributed by atoms with van der Waals surface area (Å²) >= 11 is 0. The molecule has 0 saturated carbocycles. The molecule has 0 atom stereocenters. The van der Waals surface area contributed by atoms with Crippen LogP contribution in [0.5, 0.6) is 11.5 Å². The fourth-order valence-electron chi connectivity index (χ4n) is 2.60. The van der Waals surface area contributed by atoms with Crippen LogP contribution in [-0.2, 0) is 10.0 Å². The van der Waals surface area contributed by atoms with Crippen molar-refractivity contribution in [3.63, 3.8) is 0 Å². The molecule has 0 aliphatic rings. The number of ether oxygens (including phenoxy) is 2. The molecule has 0 unspecified atom stereocenters. The maximum absolute atomic E-state index is 12.8. The largest absolute Gasteiger partial charge is 0.497 e. The van der Waals surface area contributed by atoms with E-state index in [0.29, 0.717) is 5.75 Å². The van der Waals surface area contributed by atoms with E-state index in [1.807, 2.05) is 31.2 Å². The molecule has 8 heteroatoms. The Kier molecular flexibility index (Phi) is 5.70. The molecule has 7 nitrogen and oxygen atoms in total. The van der Waals surface area contributed by atoms with Crippen LogP contribution in [0.2, 0.25) is 0 Å². The first kappa shape index (κ1) is 19.5. The third kappa shape index (κ3) is 4.52. The Balaban J connectivity index is 1.80. The smallest absolute Gasteiger partial charge is 0.266 e. The highest BCUT2D eigenvalue weighted by Gasteiger charge is 2.21. The lowest BCUT2D eigenvalue weighted by atomic mass is 10.2. The third-order valence-electron chi connectivity index (χ3n) is 3.97. The molecule has 0 saturated heterocycles. The van der Waals surface area contributed by atoms with Gasteiger partial charge in [-0.1, -0.05) is 12.1 Å². The predicted octanol–water partition coefficient (Wildman–Crippen LogP) is 3.95. The molecule has 0 aliphatic carbocycles. The number of sulfonamides is 1. The zero-order valence-electron chi connectivity index (χ0n) is 15.8. The Morgan fingerprint density at radius 1 is 0.929 bits per heavy atom. The maximum atomic E-state index is 12.8. The summed E-state index contributed by atoms with van der Waals surface area (Å²) in [5, 5.41) is 3.22. The number of rotatable bonds is 7. The SMILES string of the molecule is COc1ccc(OC)c(S(=O)(=O)Nc2ccc(Nc3cccc(C)c3)cn2)c1. The highest BCUT2D eigenvalue weighted by molar-refractivity contribution is 7.92. The van der Waals surface area contributed by atoms with Crippen LogP contribution >= 0.6 is 0 Å². The molecule has 146 valence electrons. The number of nitrogens with one attached hydrogen (secondary N) is 2. The number of pyridine rings is 1. The number of anilines is 3. The topological polar surface area (TPSA) is 89.5 Å². The Bertz CT molecular complexity index is 1070. The summed E-state index contributed by atoms with van der Waals surface area (Å²) in [7, 11) is -1.03. The van der Waals surface area contributed by atoms with E-state index in [-0.39, 0.29) is 16.5 Å². The molecule has 3 rings (SSSR count). The third-order valence-corrected chi connectivity index (χ3v) is 5.35. The van der Waals surface area contributed by atoms with E-state index in [9.17, 15) is 8.42 Å². The molecule has 2 aromatic carbocycles. The molecule has 2 N–H and O–H groups in total. The summed E-state index contributed by atoms with van der Waals surface area (Å²) in [5.41, 5.74) is 2.80. The number of nitrogens with zero attached hydrogens (tertiary/aromatic N) is 1. The van der Waals surface area contributed by atoms with Gasteiger partial charge in [-0.05, 0) is 48.9 Å². The summed E-state index contributed by atoms with van der Waals surface area (Å²) < 4.78 is 38.2. The van der Waals surface area contributed by atoms with Crippen LogP contribution < -0.4 is 19.5 Å². The van der Waals surface area contributed by atoms with Gasteiger partial charge < -0.3 is 14.8 Å². The van der Waals surface area contributed by atoms with Gasteiger partial charge in [-0.3, -0.25) is 4.72 Å². The van der Waals surface area contributed by atoms with Gasteiger partial charge in [0, 0.05) is 11.8 Å². The van der Waals surface area contributed by atoms with Crippen LogP contribution in [0.1, 0.15) is 5.56 Å². The zero-order chi connectivity index (χ0) is 20.1. The molecule has 1 aromatic heterocycles. The second-order valence-corrected chi connectivity index (χ2v) is 7.70. The van der Waals surface area contributed by atoms with Gasteiger partial charge in [0.15, 0.2) is 0 Å². The van der Waals surface area contributed by atoms with Crippen molar-refractivity contribution in [2.75, 3.05) is 24.3 Å². The molecule has 0 radical (unpaired) electrons. The minimum Gasteiger partial charge on any atom is -0.497 e. The van der Waals surface area contributed by atoms with Crippen molar-refractivity contribution >= 4 is 27.2 Å². The first-order chi connectivity index (χ1) is 13.4. The van der Waals surface area contributed by atoms with Crippen LogP contribution in [0, 0.1) is 6.92 Å². The number of benzene rings is 2. The van der Waals surface area contributed by atoms with Gasteiger partial charge >= 0.3 is 0 Å². The Morgan fingerprint density at radius 2 is 1.75 bits per heavy atom. The number of aromatic nitrogens is 1. The van der Waals surface area contributed by atoms with Gasteiger partial charge in [0.05, 0.1) is 26.1 Å². The molecule has 28 heavy (non-hydrogen) atoms. The van der Waals surface area contributed by atoms with E-state index in [0.717, 1.165) is 16.9 Å².